The molecular formula is C16H14N2O2S. The van der Waals surface area contributed by atoms with Gasteiger partial charge in [-0.2, -0.15) is 4.99 Å². The van der Waals surface area contributed by atoms with E-state index in [0.717, 1.165) is 10.2 Å². The van der Waals surface area contributed by atoms with Crippen LogP contribution in [0.15, 0.2) is 53.5 Å². The van der Waals surface area contributed by atoms with Crippen LogP contribution in [0.25, 0.3) is 10.2 Å². The van der Waals surface area contributed by atoms with Gasteiger partial charge in [-0.15, -0.1) is 0 Å². The molecule has 0 fully saturated rings. The van der Waals surface area contributed by atoms with Crippen LogP contribution >= 0.6 is 11.3 Å². The van der Waals surface area contributed by atoms with E-state index in [-0.39, 0.29) is 5.91 Å². The Morgan fingerprint density at radius 2 is 2.00 bits per heavy atom. The average molecular weight is 298 g/mol. The highest BCUT2D eigenvalue weighted by molar-refractivity contribution is 7.16. The number of rotatable bonds is 2. The average Bonchev–Trinajstić information content (AvgIpc) is 2.84. The van der Waals surface area contributed by atoms with E-state index in [9.17, 15) is 4.79 Å². The lowest BCUT2D eigenvalue weighted by atomic mass is 10.2. The quantitative estimate of drug-likeness (QED) is 0.730. The maximum atomic E-state index is 12.3. The fourth-order valence-electron chi connectivity index (χ4n) is 2.10. The number of para-hydroxylation sites is 1. The maximum absolute atomic E-state index is 12.3. The normalized spacial score (nSPS) is 11.8. The summed E-state index contributed by atoms with van der Waals surface area (Å²) in [5.74, 6) is 0.382. The third kappa shape index (κ3) is 2.60. The van der Waals surface area contributed by atoms with Gasteiger partial charge in [0.25, 0.3) is 5.91 Å². The Bertz CT molecular complexity index is 877. The van der Waals surface area contributed by atoms with Gasteiger partial charge in [-0.3, -0.25) is 4.79 Å². The monoisotopic (exact) mass is 298 g/mol. The van der Waals surface area contributed by atoms with Gasteiger partial charge in [0.2, 0.25) is 0 Å². The molecule has 1 heterocycles. The van der Waals surface area contributed by atoms with E-state index >= 15 is 0 Å². The number of amides is 1. The van der Waals surface area contributed by atoms with Crippen LogP contribution in [-0.4, -0.2) is 17.6 Å². The van der Waals surface area contributed by atoms with Gasteiger partial charge in [0.15, 0.2) is 4.80 Å². The number of hydrogen-bond acceptors (Lipinski definition) is 3. The molecule has 0 bridgehead atoms. The summed E-state index contributed by atoms with van der Waals surface area (Å²) < 4.78 is 8.17. The van der Waals surface area contributed by atoms with Gasteiger partial charge < -0.3 is 9.30 Å². The molecule has 21 heavy (non-hydrogen) atoms. The van der Waals surface area contributed by atoms with E-state index in [0.29, 0.717) is 16.1 Å². The van der Waals surface area contributed by atoms with E-state index in [2.05, 4.69) is 4.99 Å². The number of carbonyl (C=O) groups is 1. The van der Waals surface area contributed by atoms with Gasteiger partial charge in [-0.05, 0) is 30.3 Å². The number of aromatic nitrogens is 1. The van der Waals surface area contributed by atoms with Crippen LogP contribution < -0.4 is 9.54 Å². The Morgan fingerprint density at radius 3 is 2.76 bits per heavy atom. The molecule has 0 saturated heterocycles. The molecule has 0 radical (unpaired) electrons. The van der Waals surface area contributed by atoms with Gasteiger partial charge in [0.05, 0.1) is 17.3 Å². The minimum atomic E-state index is -0.268. The Hall–Kier alpha value is -2.40. The van der Waals surface area contributed by atoms with Gasteiger partial charge >= 0.3 is 0 Å². The summed E-state index contributed by atoms with van der Waals surface area (Å²) in [5, 5.41) is 0. The number of methoxy groups -OCH3 is 1. The van der Waals surface area contributed by atoms with E-state index in [4.69, 9.17) is 4.74 Å². The summed E-state index contributed by atoms with van der Waals surface area (Å²) in [6, 6.07) is 15.0. The van der Waals surface area contributed by atoms with Crippen molar-refractivity contribution in [3.8, 4) is 5.75 Å². The Labute approximate surface area is 126 Å². The molecule has 0 atom stereocenters. The van der Waals surface area contributed by atoms with E-state index in [1.165, 1.54) is 11.3 Å². The summed E-state index contributed by atoms with van der Waals surface area (Å²) in [6.45, 7) is 0. The molecule has 0 saturated carbocycles. The van der Waals surface area contributed by atoms with Crippen molar-refractivity contribution in [2.45, 2.75) is 0 Å². The van der Waals surface area contributed by atoms with Crippen LogP contribution in [0.5, 0.6) is 5.75 Å². The van der Waals surface area contributed by atoms with Gasteiger partial charge in [0, 0.05) is 12.6 Å². The smallest absolute Gasteiger partial charge is 0.279 e. The topological polar surface area (TPSA) is 43.6 Å². The van der Waals surface area contributed by atoms with Crippen molar-refractivity contribution in [1.82, 2.24) is 4.57 Å². The number of ether oxygens (including phenoxy) is 1. The highest BCUT2D eigenvalue weighted by Gasteiger charge is 2.07. The molecule has 0 aliphatic heterocycles. The third-order valence-electron chi connectivity index (χ3n) is 3.23. The number of aryl methyl sites for hydroxylation is 1. The molecule has 0 aliphatic carbocycles. The van der Waals surface area contributed by atoms with Crippen LogP contribution in [-0.2, 0) is 7.05 Å². The Kier molecular flexibility index (Phi) is 3.58. The van der Waals surface area contributed by atoms with Crippen LogP contribution in [0.3, 0.4) is 0 Å². The summed E-state index contributed by atoms with van der Waals surface area (Å²) >= 11 is 1.50. The van der Waals surface area contributed by atoms with Gasteiger partial charge in [-0.1, -0.05) is 29.5 Å². The second-order valence-corrected chi connectivity index (χ2v) is 5.57. The first-order valence-corrected chi connectivity index (χ1v) is 7.28. The SMILES string of the molecule is COc1cccc(C(=O)N=c2sc3ccccc3n2C)c1. The first-order chi connectivity index (χ1) is 10.2. The zero-order valence-electron chi connectivity index (χ0n) is 11.7. The standard InChI is InChI=1S/C16H14N2O2S/c1-18-13-8-3-4-9-14(13)21-16(18)17-15(19)11-6-5-7-12(10-11)20-2/h3-10H,1-2H3. The van der Waals surface area contributed by atoms with E-state index in [1.54, 1.807) is 31.4 Å². The summed E-state index contributed by atoms with van der Waals surface area (Å²) in [4.78, 5) is 17.2. The molecule has 0 spiro atoms. The first-order valence-electron chi connectivity index (χ1n) is 6.47. The Balaban J connectivity index is 2.06. The summed E-state index contributed by atoms with van der Waals surface area (Å²) in [6.07, 6.45) is 0. The third-order valence-corrected chi connectivity index (χ3v) is 4.34. The van der Waals surface area contributed by atoms with E-state index < -0.39 is 0 Å². The van der Waals surface area contributed by atoms with Crippen LogP contribution in [0, 0.1) is 0 Å². The summed E-state index contributed by atoms with van der Waals surface area (Å²) in [5.41, 5.74) is 1.59. The molecule has 5 heteroatoms. The number of carbonyl (C=O) groups excluding carboxylic acids is 1. The highest BCUT2D eigenvalue weighted by Crippen LogP contribution is 2.16. The van der Waals surface area contributed by atoms with Crippen molar-refractivity contribution < 1.29 is 9.53 Å². The molecular weight excluding hydrogens is 284 g/mol. The number of fused-ring (bicyclic) bond motifs is 1. The molecule has 1 amide bonds. The number of thiazole rings is 1. The molecule has 0 aliphatic rings. The fraction of sp³-hybridized carbons (Fsp3) is 0.125. The highest BCUT2D eigenvalue weighted by atomic mass is 32.1. The van der Waals surface area contributed by atoms with Crippen molar-refractivity contribution in [2.75, 3.05) is 7.11 Å². The first kappa shape index (κ1) is 13.6. The van der Waals surface area contributed by atoms with Crippen LogP contribution in [0.2, 0.25) is 0 Å². The van der Waals surface area contributed by atoms with Gasteiger partial charge in [0.1, 0.15) is 5.75 Å². The van der Waals surface area contributed by atoms with Crippen molar-refractivity contribution in [1.29, 1.82) is 0 Å². The number of benzene rings is 2. The lowest BCUT2D eigenvalue weighted by Crippen LogP contribution is -2.13. The molecule has 1 aromatic heterocycles. The Morgan fingerprint density at radius 1 is 1.19 bits per heavy atom. The molecule has 0 unspecified atom stereocenters. The lowest BCUT2D eigenvalue weighted by molar-refractivity contribution is 0.0997. The fourth-order valence-corrected chi connectivity index (χ4v) is 3.11. The van der Waals surface area contributed by atoms with Crippen molar-refractivity contribution in [2.24, 2.45) is 12.0 Å². The zero-order valence-corrected chi connectivity index (χ0v) is 12.6. The number of nitrogens with zero attached hydrogens (tertiary/aromatic N) is 2. The maximum Gasteiger partial charge on any atom is 0.279 e. The van der Waals surface area contributed by atoms with Gasteiger partial charge in [-0.25, -0.2) is 0 Å². The molecule has 3 aromatic rings. The molecule has 4 nitrogen and oxygen atoms in total. The largest absolute Gasteiger partial charge is 0.497 e. The number of hydrogen-bond donors (Lipinski definition) is 0. The molecule has 106 valence electrons. The predicted molar refractivity (Wildman–Crippen MR) is 83.7 cm³/mol. The second-order valence-electron chi connectivity index (χ2n) is 4.56. The van der Waals surface area contributed by atoms with E-state index in [1.807, 2.05) is 35.9 Å². The van der Waals surface area contributed by atoms with Crippen LogP contribution in [0.1, 0.15) is 10.4 Å². The minimum absolute atomic E-state index is 0.268. The molecule has 2 aromatic carbocycles. The molecule has 3 rings (SSSR count). The lowest BCUT2D eigenvalue weighted by Gasteiger charge is -2.00. The van der Waals surface area contributed by atoms with Crippen LogP contribution in [0.4, 0.5) is 0 Å². The van der Waals surface area contributed by atoms with Crippen molar-refractivity contribution >= 4 is 27.5 Å². The van der Waals surface area contributed by atoms with Crippen molar-refractivity contribution in [3.05, 3.63) is 58.9 Å². The van der Waals surface area contributed by atoms with Crippen molar-refractivity contribution in [3.63, 3.8) is 0 Å². The minimum Gasteiger partial charge on any atom is -0.497 e. The second kappa shape index (κ2) is 5.54. The zero-order chi connectivity index (χ0) is 14.8. The predicted octanol–water partition coefficient (Wildman–Crippen LogP) is 2.99. The summed E-state index contributed by atoms with van der Waals surface area (Å²) in [7, 11) is 3.49. The molecule has 0 N–H and O–H groups in total.